The lowest BCUT2D eigenvalue weighted by molar-refractivity contribution is -0.151. The van der Waals surface area contributed by atoms with Gasteiger partial charge in [0.1, 0.15) is 6.04 Å². The van der Waals surface area contributed by atoms with Crippen molar-refractivity contribution in [2.45, 2.75) is 19.1 Å². The summed E-state index contributed by atoms with van der Waals surface area (Å²) in [4.78, 5) is 13.1. The van der Waals surface area contributed by atoms with Crippen LogP contribution in [0, 0.1) is 0 Å². The Bertz CT molecular complexity index is 337. The largest absolute Gasteiger partial charge is 0.468 e. The van der Waals surface area contributed by atoms with E-state index in [0.717, 1.165) is 0 Å². The van der Waals surface area contributed by atoms with Crippen LogP contribution in [-0.4, -0.2) is 68.2 Å². The maximum atomic E-state index is 11.4. The number of sulfone groups is 1. The average molecular weight is 251 g/mol. The molecule has 16 heavy (non-hydrogen) atoms. The molecule has 94 valence electrons. The Morgan fingerprint density at radius 2 is 1.88 bits per heavy atom. The summed E-state index contributed by atoms with van der Waals surface area (Å²) in [5.41, 5.74) is 0. The van der Waals surface area contributed by atoms with E-state index < -0.39 is 28.0 Å². The van der Waals surface area contributed by atoms with Crippen molar-refractivity contribution in [3.05, 3.63) is 0 Å². The number of carbonyl (C=O) groups is 1. The summed E-state index contributed by atoms with van der Waals surface area (Å²) in [6.07, 6.45) is -0.881. The molecule has 2 atom stereocenters. The molecular weight excluding hydrogens is 234 g/mol. The molecule has 0 aliphatic carbocycles. The predicted octanol–water partition coefficient (Wildman–Crippen LogP) is -1.36. The number of esters is 1. The number of aliphatic hydroxyl groups excluding tert-OH is 1. The fourth-order valence-corrected chi connectivity index (χ4v) is 3.01. The molecule has 1 aliphatic heterocycles. The number of methoxy groups -OCH3 is 1. The van der Waals surface area contributed by atoms with Crippen LogP contribution in [-0.2, 0) is 19.4 Å². The molecular formula is C9H17NO5S. The molecule has 1 heterocycles. The molecule has 1 N–H and O–H groups in total. The van der Waals surface area contributed by atoms with E-state index in [2.05, 4.69) is 4.74 Å². The predicted molar refractivity (Wildman–Crippen MR) is 57.7 cm³/mol. The Kier molecular flexibility index (Phi) is 4.28. The standard InChI is InChI=1S/C9H17NO5S/c1-7(11)8(9(12)15-2)10-3-5-16(13,14)6-4-10/h7-8,11H,3-6H2,1-2H3/t7-,8?/m1/s1. The van der Waals surface area contributed by atoms with Gasteiger partial charge in [-0.1, -0.05) is 0 Å². The molecule has 0 aromatic rings. The van der Waals surface area contributed by atoms with Crippen molar-refractivity contribution in [1.29, 1.82) is 0 Å². The molecule has 0 amide bonds. The Hall–Kier alpha value is -0.660. The van der Waals surface area contributed by atoms with E-state index in [1.54, 1.807) is 4.90 Å². The number of hydrogen-bond donors (Lipinski definition) is 1. The van der Waals surface area contributed by atoms with Crippen molar-refractivity contribution < 1.29 is 23.1 Å². The lowest BCUT2D eigenvalue weighted by Crippen LogP contribution is -2.54. The summed E-state index contributed by atoms with van der Waals surface area (Å²) in [7, 11) is -1.73. The number of ether oxygens (including phenoxy) is 1. The van der Waals surface area contributed by atoms with Crippen LogP contribution in [0.2, 0.25) is 0 Å². The maximum Gasteiger partial charge on any atom is 0.325 e. The van der Waals surface area contributed by atoms with Gasteiger partial charge in [0.25, 0.3) is 0 Å². The Morgan fingerprint density at radius 3 is 2.25 bits per heavy atom. The van der Waals surface area contributed by atoms with Gasteiger partial charge < -0.3 is 9.84 Å². The number of hydrogen-bond acceptors (Lipinski definition) is 6. The van der Waals surface area contributed by atoms with Crippen LogP contribution in [0.15, 0.2) is 0 Å². The third-order valence-corrected chi connectivity index (χ3v) is 4.28. The van der Waals surface area contributed by atoms with Crippen molar-refractivity contribution in [1.82, 2.24) is 4.90 Å². The van der Waals surface area contributed by atoms with Crippen LogP contribution in [0.3, 0.4) is 0 Å². The van der Waals surface area contributed by atoms with Crippen LogP contribution < -0.4 is 0 Å². The quantitative estimate of drug-likeness (QED) is 0.624. The highest BCUT2D eigenvalue weighted by atomic mass is 32.2. The van der Waals surface area contributed by atoms with Crippen molar-refractivity contribution >= 4 is 15.8 Å². The summed E-state index contributed by atoms with van der Waals surface area (Å²) in [5.74, 6) is -0.491. The molecule has 0 saturated carbocycles. The van der Waals surface area contributed by atoms with Gasteiger partial charge in [-0.2, -0.15) is 0 Å². The first-order chi connectivity index (χ1) is 7.37. The van der Waals surface area contributed by atoms with Gasteiger partial charge in [-0.3, -0.25) is 9.69 Å². The summed E-state index contributed by atoms with van der Waals surface area (Å²) >= 11 is 0. The van der Waals surface area contributed by atoms with Gasteiger partial charge in [0.2, 0.25) is 0 Å². The molecule has 1 unspecified atom stereocenters. The molecule has 0 spiro atoms. The topological polar surface area (TPSA) is 83.9 Å². The third kappa shape index (κ3) is 3.16. The molecule has 1 rings (SSSR count). The number of aliphatic hydroxyl groups is 1. The normalized spacial score (nSPS) is 24.7. The molecule has 1 fully saturated rings. The van der Waals surface area contributed by atoms with Crippen LogP contribution in [0.25, 0.3) is 0 Å². The van der Waals surface area contributed by atoms with Gasteiger partial charge in [0.15, 0.2) is 9.84 Å². The fraction of sp³-hybridized carbons (Fsp3) is 0.889. The van der Waals surface area contributed by atoms with Gasteiger partial charge in [-0.25, -0.2) is 8.42 Å². The minimum atomic E-state index is -2.98. The molecule has 0 aromatic carbocycles. The average Bonchev–Trinajstić information content (AvgIpc) is 2.20. The zero-order valence-corrected chi connectivity index (χ0v) is 10.2. The summed E-state index contributed by atoms with van der Waals surface area (Å²) in [6, 6.07) is -0.777. The lowest BCUT2D eigenvalue weighted by atomic mass is 10.1. The second-order valence-electron chi connectivity index (χ2n) is 3.90. The molecule has 1 aliphatic rings. The Labute approximate surface area is 95.1 Å². The van der Waals surface area contributed by atoms with E-state index in [9.17, 15) is 18.3 Å². The molecule has 0 aromatic heterocycles. The minimum Gasteiger partial charge on any atom is -0.468 e. The molecule has 0 bridgehead atoms. The first-order valence-electron chi connectivity index (χ1n) is 5.08. The van der Waals surface area contributed by atoms with Gasteiger partial charge in [0, 0.05) is 13.1 Å². The second kappa shape index (κ2) is 5.11. The zero-order chi connectivity index (χ0) is 12.3. The number of nitrogens with zero attached hydrogens (tertiary/aromatic N) is 1. The van der Waals surface area contributed by atoms with E-state index in [1.807, 2.05) is 0 Å². The van der Waals surface area contributed by atoms with E-state index in [-0.39, 0.29) is 24.6 Å². The summed E-state index contributed by atoms with van der Waals surface area (Å²) in [6.45, 7) is 2.00. The smallest absolute Gasteiger partial charge is 0.325 e. The SMILES string of the molecule is COC(=O)C([C@@H](C)O)N1CCS(=O)(=O)CC1. The van der Waals surface area contributed by atoms with Crippen LogP contribution in [0.5, 0.6) is 0 Å². The maximum absolute atomic E-state index is 11.4. The van der Waals surface area contributed by atoms with Gasteiger partial charge >= 0.3 is 5.97 Å². The molecule has 7 heteroatoms. The molecule has 6 nitrogen and oxygen atoms in total. The van der Waals surface area contributed by atoms with Gasteiger partial charge in [0.05, 0.1) is 24.7 Å². The first kappa shape index (κ1) is 13.4. The number of rotatable bonds is 3. The highest BCUT2D eigenvalue weighted by molar-refractivity contribution is 7.91. The summed E-state index contributed by atoms with van der Waals surface area (Å²) in [5, 5.41) is 9.50. The van der Waals surface area contributed by atoms with E-state index in [4.69, 9.17) is 0 Å². The van der Waals surface area contributed by atoms with Crippen LogP contribution in [0.1, 0.15) is 6.92 Å². The van der Waals surface area contributed by atoms with Crippen molar-refractivity contribution in [2.75, 3.05) is 31.7 Å². The molecule has 0 radical (unpaired) electrons. The second-order valence-corrected chi connectivity index (χ2v) is 6.20. The summed E-state index contributed by atoms with van der Waals surface area (Å²) < 4.78 is 27.0. The molecule has 1 saturated heterocycles. The van der Waals surface area contributed by atoms with E-state index in [0.29, 0.717) is 0 Å². The van der Waals surface area contributed by atoms with Crippen molar-refractivity contribution in [3.63, 3.8) is 0 Å². The van der Waals surface area contributed by atoms with Crippen LogP contribution >= 0.6 is 0 Å². The van der Waals surface area contributed by atoms with Crippen molar-refractivity contribution in [2.24, 2.45) is 0 Å². The third-order valence-electron chi connectivity index (χ3n) is 2.67. The fourth-order valence-electron chi connectivity index (χ4n) is 1.78. The zero-order valence-electron chi connectivity index (χ0n) is 9.42. The first-order valence-corrected chi connectivity index (χ1v) is 6.90. The van der Waals surface area contributed by atoms with Crippen LogP contribution in [0.4, 0.5) is 0 Å². The van der Waals surface area contributed by atoms with E-state index in [1.165, 1.54) is 14.0 Å². The lowest BCUT2D eigenvalue weighted by Gasteiger charge is -2.33. The minimum absolute atomic E-state index is 0.0210. The monoisotopic (exact) mass is 251 g/mol. The van der Waals surface area contributed by atoms with Gasteiger partial charge in [-0.05, 0) is 6.92 Å². The highest BCUT2D eigenvalue weighted by Crippen LogP contribution is 2.12. The Morgan fingerprint density at radius 1 is 1.38 bits per heavy atom. The Balaban J connectivity index is 2.71. The number of carbonyl (C=O) groups excluding carboxylic acids is 1. The van der Waals surface area contributed by atoms with E-state index >= 15 is 0 Å². The van der Waals surface area contributed by atoms with Crippen molar-refractivity contribution in [3.8, 4) is 0 Å². The highest BCUT2D eigenvalue weighted by Gasteiger charge is 2.34. The van der Waals surface area contributed by atoms with Gasteiger partial charge in [-0.15, -0.1) is 0 Å².